The lowest BCUT2D eigenvalue weighted by Gasteiger charge is -2.02. The van der Waals surface area contributed by atoms with E-state index in [1.807, 2.05) is 17.5 Å². The summed E-state index contributed by atoms with van der Waals surface area (Å²) < 4.78 is 8.73. The van der Waals surface area contributed by atoms with Crippen LogP contribution in [-0.2, 0) is 4.84 Å². The van der Waals surface area contributed by atoms with Crippen LogP contribution in [0, 0.1) is 13.8 Å². The van der Waals surface area contributed by atoms with E-state index in [-0.39, 0.29) is 11.4 Å². The maximum Gasteiger partial charge on any atom is 0.371 e. The molecule has 8 nitrogen and oxygen atoms in total. The molecule has 0 radical (unpaired) electrons. The van der Waals surface area contributed by atoms with Gasteiger partial charge in [-0.15, -0.1) is 5.10 Å². The first kappa shape index (κ1) is 15.8. The molecular weight excluding hydrogens is 330 g/mol. The Bertz CT molecular complexity index is 865. The number of carbonyl (C=O) groups excluding carboxylic acids is 1. The van der Waals surface area contributed by atoms with Crippen molar-refractivity contribution in [3.05, 3.63) is 52.2 Å². The van der Waals surface area contributed by atoms with Crippen LogP contribution in [0.4, 0.5) is 0 Å². The van der Waals surface area contributed by atoms with E-state index >= 15 is 0 Å². The monoisotopic (exact) mass is 343 g/mol. The van der Waals surface area contributed by atoms with Gasteiger partial charge in [0.05, 0.1) is 5.69 Å². The van der Waals surface area contributed by atoms with Crippen LogP contribution >= 0.6 is 11.5 Å². The van der Waals surface area contributed by atoms with E-state index in [1.54, 1.807) is 26.0 Å². The lowest BCUT2D eigenvalue weighted by Crippen LogP contribution is -2.15. The van der Waals surface area contributed by atoms with Gasteiger partial charge in [0.1, 0.15) is 17.0 Å². The molecule has 122 valence electrons. The van der Waals surface area contributed by atoms with Crippen molar-refractivity contribution in [2.45, 2.75) is 13.8 Å². The number of hydrogen-bond donors (Lipinski definition) is 1. The molecule has 0 aliphatic rings. The predicted molar refractivity (Wildman–Crippen MR) is 87.5 cm³/mol. The summed E-state index contributed by atoms with van der Waals surface area (Å²) in [4.78, 5) is 16.9. The van der Waals surface area contributed by atoms with Gasteiger partial charge in [0.2, 0.25) is 0 Å². The first-order valence-corrected chi connectivity index (χ1v) is 7.75. The average molecular weight is 343 g/mol. The Balaban J connectivity index is 1.73. The van der Waals surface area contributed by atoms with Gasteiger partial charge >= 0.3 is 5.97 Å². The minimum atomic E-state index is -0.667. The lowest BCUT2D eigenvalue weighted by molar-refractivity contribution is 0.0513. The summed E-state index contributed by atoms with van der Waals surface area (Å²) in [5.74, 6) is -0.218. The smallest absolute Gasteiger partial charge is 0.371 e. The number of nitrogens with two attached hydrogens (primary N) is 1. The van der Waals surface area contributed by atoms with Crippen LogP contribution < -0.4 is 5.73 Å². The molecule has 0 amide bonds. The maximum absolute atomic E-state index is 12.0. The van der Waals surface area contributed by atoms with Crippen molar-refractivity contribution in [3.63, 3.8) is 0 Å². The van der Waals surface area contributed by atoms with Gasteiger partial charge < -0.3 is 15.1 Å². The summed E-state index contributed by atoms with van der Waals surface area (Å²) in [6.45, 7) is 3.27. The summed E-state index contributed by atoms with van der Waals surface area (Å²) in [5.41, 5.74) is 8.85. The molecule has 0 saturated carbocycles. The molecule has 2 heterocycles. The van der Waals surface area contributed by atoms with Crippen LogP contribution in [0.15, 0.2) is 39.3 Å². The van der Waals surface area contributed by atoms with E-state index in [9.17, 15) is 4.79 Å². The molecule has 9 heteroatoms. The Morgan fingerprint density at radius 2 is 2.04 bits per heavy atom. The van der Waals surface area contributed by atoms with Crippen LogP contribution in [0.3, 0.4) is 0 Å². The summed E-state index contributed by atoms with van der Waals surface area (Å²) in [6, 6.07) is 7.20. The van der Waals surface area contributed by atoms with Gasteiger partial charge in [-0.2, -0.15) is 0 Å². The van der Waals surface area contributed by atoms with Crippen molar-refractivity contribution in [1.29, 1.82) is 0 Å². The van der Waals surface area contributed by atoms with E-state index in [0.29, 0.717) is 17.0 Å². The Morgan fingerprint density at radius 3 is 2.62 bits per heavy atom. The fourth-order valence-corrected chi connectivity index (χ4v) is 2.53. The molecule has 0 bridgehead atoms. The third-order valence-corrected chi connectivity index (χ3v) is 3.81. The Kier molecular flexibility index (Phi) is 4.34. The molecule has 0 atom stereocenters. The van der Waals surface area contributed by atoms with Gasteiger partial charge in [0.15, 0.2) is 5.84 Å². The van der Waals surface area contributed by atoms with Gasteiger partial charge in [0.25, 0.3) is 0 Å². The van der Waals surface area contributed by atoms with E-state index in [2.05, 4.69) is 19.9 Å². The van der Waals surface area contributed by atoms with Crippen molar-refractivity contribution in [2.75, 3.05) is 0 Å². The third-order valence-electron chi connectivity index (χ3n) is 3.30. The number of nitrogens with zero attached hydrogens (tertiary/aromatic N) is 4. The molecule has 0 aliphatic carbocycles. The number of rotatable bonds is 4. The first-order valence-electron chi connectivity index (χ1n) is 6.92. The number of oxime groups is 1. The highest BCUT2D eigenvalue weighted by atomic mass is 32.1. The highest BCUT2D eigenvalue weighted by molar-refractivity contribution is 7.03. The van der Waals surface area contributed by atoms with Gasteiger partial charge in [-0.3, -0.25) is 0 Å². The Hall–Kier alpha value is -3.07. The van der Waals surface area contributed by atoms with Crippen LogP contribution in [0.1, 0.15) is 27.4 Å². The van der Waals surface area contributed by atoms with Crippen molar-refractivity contribution >= 4 is 23.3 Å². The molecule has 0 aliphatic heterocycles. The number of amidine groups is 1. The second-order valence-corrected chi connectivity index (χ2v) is 5.53. The van der Waals surface area contributed by atoms with Crippen molar-refractivity contribution in [3.8, 4) is 11.3 Å². The molecule has 1 aromatic carbocycles. The lowest BCUT2D eigenvalue weighted by atomic mass is 10.1. The van der Waals surface area contributed by atoms with Crippen LogP contribution in [-0.4, -0.2) is 26.5 Å². The van der Waals surface area contributed by atoms with Crippen LogP contribution in [0.5, 0.6) is 0 Å². The van der Waals surface area contributed by atoms with Crippen molar-refractivity contribution in [1.82, 2.24) is 14.7 Å². The van der Waals surface area contributed by atoms with Gasteiger partial charge in [0, 0.05) is 16.5 Å². The normalized spacial score (nSPS) is 11.5. The highest BCUT2D eigenvalue weighted by Crippen LogP contribution is 2.18. The summed E-state index contributed by atoms with van der Waals surface area (Å²) >= 11 is 1.28. The maximum atomic E-state index is 12.0. The van der Waals surface area contributed by atoms with Crippen LogP contribution in [0.25, 0.3) is 11.3 Å². The predicted octanol–water partition coefficient (Wildman–Crippen LogP) is 2.29. The number of aryl methyl sites for hydroxylation is 2. The first-order chi connectivity index (χ1) is 11.6. The molecule has 3 aromatic rings. The molecule has 24 heavy (non-hydrogen) atoms. The van der Waals surface area contributed by atoms with Gasteiger partial charge in [-0.05, 0) is 25.4 Å². The zero-order chi connectivity index (χ0) is 17.1. The number of benzene rings is 1. The van der Waals surface area contributed by atoms with E-state index < -0.39 is 5.97 Å². The van der Waals surface area contributed by atoms with Gasteiger partial charge in [-0.1, -0.05) is 39.1 Å². The molecule has 0 unspecified atom stereocenters. The van der Waals surface area contributed by atoms with Crippen molar-refractivity contribution in [2.24, 2.45) is 10.9 Å². The number of carbonyl (C=O) groups is 1. The molecule has 0 saturated heterocycles. The highest BCUT2D eigenvalue weighted by Gasteiger charge is 2.19. The molecule has 0 spiro atoms. The largest absolute Gasteiger partial charge is 0.380 e. The van der Waals surface area contributed by atoms with Crippen LogP contribution in [0.2, 0.25) is 0 Å². The molecule has 3 rings (SSSR count). The Morgan fingerprint density at radius 1 is 1.29 bits per heavy atom. The van der Waals surface area contributed by atoms with E-state index in [4.69, 9.17) is 15.1 Å². The third kappa shape index (κ3) is 3.15. The minimum Gasteiger partial charge on any atom is -0.380 e. The van der Waals surface area contributed by atoms with Crippen molar-refractivity contribution < 1.29 is 14.2 Å². The topological polar surface area (TPSA) is 116 Å². The standard InChI is InChI=1S/C15H13N5O3S/c1-8-13(9(2)22-18-8)15(21)23-19-14(16)11-5-3-10(4-6-11)12-7-24-20-17-12/h3-7H,1-2H3,(H2,16,19). The molecule has 2 N–H and O–H groups in total. The van der Waals surface area contributed by atoms with E-state index in [1.165, 1.54) is 11.5 Å². The SMILES string of the molecule is Cc1noc(C)c1C(=O)O/N=C(\N)c1ccc(-c2csnn2)cc1. The second-order valence-electron chi connectivity index (χ2n) is 4.92. The zero-order valence-electron chi connectivity index (χ0n) is 12.9. The zero-order valence-corrected chi connectivity index (χ0v) is 13.7. The fourth-order valence-electron chi connectivity index (χ4n) is 2.07. The second kappa shape index (κ2) is 6.59. The number of hydrogen-bond acceptors (Lipinski definition) is 8. The number of aromatic nitrogens is 3. The molecule has 0 fully saturated rings. The molecular formula is C15H13N5O3S. The molecule has 2 aromatic heterocycles. The summed E-state index contributed by atoms with van der Waals surface area (Å²) in [5, 5.41) is 13.2. The quantitative estimate of drug-likeness (QED) is 0.334. The Labute approximate surface area is 141 Å². The van der Waals surface area contributed by atoms with E-state index in [0.717, 1.165) is 11.3 Å². The average Bonchev–Trinajstić information content (AvgIpc) is 3.23. The minimum absolute atomic E-state index is 0.0815. The summed E-state index contributed by atoms with van der Waals surface area (Å²) in [7, 11) is 0. The van der Waals surface area contributed by atoms with Gasteiger partial charge in [-0.25, -0.2) is 4.79 Å². The summed E-state index contributed by atoms with van der Waals surface area (Å²) in [6.07, 6.45) is 0. The fraction of sp³-hybridized carbons (Fsp3) is 0.133.